The van der Waals surface area contributed by atoms with E-state index in [1.165, 1.54) is 0 Å². The molecule has 0 fully saturated rings. The topological polar surface area (TPSA) is 38.8 Å². The van der Waals surface area contributed by atoms with E-state index in [2.05, 4.69) is 24.0 Å². The maximum atomic E-state index is 11.8. The molecule has 2 rings (SSSR count). The van der Waals surface area contributed by atoms with Crippen LogP contribution >= 0.6 is 0 Å². The van der Waals surface area contributed by atoms with Crippen molar-refractivity contribution in [3.05, 3.63) is 60.2 Å². The molecule has 128 valence electrons. The van der Waals surface area contributed by atoms with Crippen LogP contribution in [0.25, 0.3) is 0 Å². The highest BCUT2D eigenvalue weighted by molar-refractivity contribution is 5.64. The van der Waals surface area contributed by atoms with Crippen LogP contribution in [0.2, 0.25) is 0 Å². The van der Waals surface area contributed by atoms with Gasteiger partial charge in [-0.05, 0) is 37.1 Å². The van der Waals surface area contributed by atoms with Crippen molar-refractivity contribution in [3.63, 3.8) is 0 Å². The van der Waals surface area contributed by atoms with Crippen molar-refractivity contribution < 1.29 is 14.3 Å². The van der Waals surface area contributed by atoms with Crippen molar-refractivity contribution in [3.8, 4) is 5.75 Å². The highest BCUT2D eigenvalue weighted by atomic mass is 16.7. The number of ether oxygens (including phenoxy) is 2. The van der Waals surface area contributed by atoms with E-state index in [-0.39, 0.29) is 0 Å². The van der Waals surface area contributed by atoms with Crippen LogP contribution in [0.3, 0.4) is 0 Å². The Morgan fingerprint density at radius 2 is 1.71 bits per heavy atom. The minimum Gasteiger partial charge on any atom is -0.432 e. The summed E-state index contributed by atoms with van der Waals surface area (Å²) in [6, 6.07) is 17.6. The minimum absolute atomic E-state index is 0.295. The first-order chi connectivity index (χ1) is 11.7. The first-order valence-corrected chi connectivity index (χ1v) is 8.41. The molecule has 24 heavy (non-hydrogen) atoms. The highest BCUT2D eigenvalue weighted by Crippen LogP contribution is 2.17. The van der Waals surface area contributed by atoms with Crippen molar-refractivity contribution in [2.75, 3.05) is 24.6 Å². The molecule has 0 heterocycles. The van der Waals surface area contributed by atoms with Gasteiger partial charge in [0.15, 0.2) is 0 Å². The van der Waals surface area contributed by atoms with Crippen LogP contribution in [0.15, 0.2) is 54.6 Å². The molecule has 0 radical (unpaired) electrons. The van der Waals surface area contributed by atoms with Crippen LogP contribution in [-0.4, -0.2) is 25.9 Å². The number of benzene rings is 2. The second kappa shape index (κ2) is 9.60. The summed E-state index contributed by atoms with van der Waals surface area (Å²) in [6.45, 7) is 5.94. The number of carbonyl (C=O) groups is 1. The maximum Gasteiger partial charge on any atom is 0.513 e. The Balaban J connectivity index is 1.83. The summed E-state index contributed by atoms with van der Waals surface area (Å²) in [7, 11) is 0. The molecule has 0 saturated carbocycles. The second-order valence-corrected chi connectivity index (χ2v) is 5.64. The predicted octanol–water partition coefficient (Wildman–Crippen LogP) is 4.82. The molecule has 2 aromatic rings. The summed E-state index contributed by atoms with van der Waals surface area (Å²) in [5.74, 6) is 0.536. The number of hydrogen-bond donors (Lipinski definition) is 0. The van der Waals surface area contributed by atoms with E-state index in [9.17, 15) is 4.79 Å². The number of para-hydroxylation sites is 2. The van der Waals surface area contributed by atoms with Gasteiger partial charge >= 0.3 is 6.16 Å². The van der Waals surface area contributed by atoms with Crippen molar-refractivity contribution in [1.82, 2.24) is 0 Å². The quantitative estimate of drug-likeness (QED) is 0.515. The maximum absolute atomic E-state index is 11.8. The van der Waals surface area contributed by atoms with Crippen molar-refractivity contribution in [2.45, 2.75) is 26.7 Å². The summed E-state index contributed by atoms with van der Waals surface area (Å²) in [5, 5.41) is 0. The minimum atomic E-state index is -0.659. The molecule has 0 bridgehead atoms. The van der Waals surface area contributed by atoms with Crippen molar-refractivity contribution in [1.29, 1.82) is 0 Å². The van der Waals surface area contributed by atoms with E-state index in [1.54, 1.807) is 6.07 Å². The second-order valence-electron chi connectivity index (χ2n) is 5.64. The van der Waals surface area contributed by atoms with E-state index < -0.39 is 6.16 Å². The van der Waals surface area contributed by atoms with Crippen LogP contribution in [0.4, 0.5) is 10.5 Å². The van der Waals surface area contributed by atoms with Gasteiger partial charge in [-0.1, -0.05) is 49.7 Å². The largest absolute Gasteiger partial charge is 0.513 e. The molecule has 0 unspecified atom stereocenters. The summed E-state index contributed by atoms with van der Waals surface area (Å²) < 4.78 is 10.5. The summed E-state index contributed by atoms with van der Waals surface area (Å²) in [5.41, 5.74) is 2.05. The van der Waals surface area contributed by atoms with Crippen molar-refractivity contribution >= 4 is 11.8 Å². The van der Waals surface area contributed by atoms with E-state index >= 15 is 0 Å². The van der Waals surface area contributed by atoms with Gasteiger partial charge in [0, 0.05) is 12.2 Å². The van der Waals surface area contributed by atoms with Gasteiger partial charge in [-0.3, -0.25) is 0 Å². The van der Waals surface area contributed by atoms with Gasteiger partial charge in [0.05, 0.1) is 6.54 Å². The third-order valence-electron chi connectivity index (χ3n) is 3.77. The van der Waals surface area contributed by atoms with Gasteiger partial charge in [0.1, 0.15) is 12.4 Å². The molecule has 0 aromatic heterocycles. The molecular formula is C20H25NO3. The normalized spacial score (nSPS) is 10.2. The van der Waals surface area contributed by atoms with Crippen LogP contribution in [0, 0.1) is 6.92 Å². The fourth-order valence-electron chi connectivity index (χ4n) is 2.39. The summed E-state index contributed by atoms with van der Waals surface area (Å²) >= 11 is 0. The average molecular weight is 327 g/mol. The SMILES string of the molecule is CCCCN(CCOC(=O)Oc1ccccc1C)c1ccccc1. The first-order valence-electron chi connectivity index (χ1n) is 8.41. The van der Waals surface area contributed by atoms with Crippen molar-refractivity contribution in [2.24, 2.45) is 0 Å². The first kappa shape index (κ1) is 17.9. The molecule has 0 atom stereocenters. The molecule has 0 amide bonds. The summed E-state index contributed by atoms with van der Waals surface area (Å²) in [6.07, 6.45) is 1.56. The Bertz CT molecular complexity index is 628. The third kappa shape index (κ3) is 5.61. The Hall–Kier alpha value is -2.49. The lowest BCUT2D eigenvalue weighted by molar-refractivity contribution is 0.101. The zero-order chi connectivity index (χ0) is 17.2. The van der Waals surface area contributed by atoms with Crippen LogP contribution in [-0.2, 0) is 4.74 Å². The van der Waals surface area contributed by atoms with E-state index in [1.807, 2.05) is 43.3 Å². The average Bonchev–Trinajstić information content (AvgIpc) is 2.60. The number of carbonyl (C=O) groups excluding carboxylic acids is 1. The van der Waals surface area contributed by atoms with Crippen LogP contribution < -0.4 is 9.64 Å². The summed E-state index contributed by atoms with van der Waals surface area (Å²) in [4.78, 5) is 14.1. The van der Waals surface area contributed by atoms with Crippen LogP contribution in [0.1, 0.15) is 25.3 Å². The number of anilines is 1. The fourth-order valence-corrected chi connectivity index (χ4v) is 2.39. The molecule has 0 N–H and O–H groups in total. The lowest BCUT2D eigenvalue weighted by Crippen LogP contribution is -2.29. The van der Waals surface area contributed by atoms with Gasteiger partial charge in [-0.2, -0.15) is 0 Å². The molecule has 0 aliphatic heterocycles. The van der Waals surface area contributed by atoms with E-state index in [4.69, 9.17) is 9.47 Å². The van der Waals surface area contributed by atoms with Gasteiger partial charge < -0.3 is 14.4 Å². The Morgan fingerprint density at radius 3 is 2.42 bits per heavy atom. The molecule has 0 aliphatic carbocycles. The Labute approximate surface area is 144 Å². The van der Waals surface area contributed by atoms with Gasteiger partial charge in [-0.25, -0.2) is 4.79 Å². The smallest absolute Gasteiger partial charge is 0.432 e. The molecule has 4 heteroatoms. The van der Waals surface area contributed by atoms with E-state index in [0.717, 1.165) is 30.6 Å². The molecule has 0 spiro atoms. The Morgan fingerprint density at radius 1 is 1.00 bits per heavy atom. The molecule has 0 saturated heterocycles. The van der Waals surface area contributed by atoms with Gasteiger partial charge in [-0.15, -0.1) is 0 Å². The monoisotopic (exact) mass is 327 g/mol. The number of nitrogens with zero attached hydrogens (tertiary/aromatic N) is 1. The van der Waals surface area contributed by atoms with Gasteiger partial charge in [0.25, 0.3) is 0 Å². The lowest BCUT2D eigenvalue weighted by Gasteiger charge is -2.24. The molecule has 4 nitrogen and oxygen atoms in total. The number of aryl methyl sites for hydroxylation is 1. The van der Waals surface area contributed by atoms with Gasteiger partial charge in [0.2, 0.25) is 0 Å². The van der Waals surface area contributed by atoms with E-state index in [0.29, 0.717) is 18.9 Å². The number of unbranched alkanes of at least 4 members (excludes halogenated alkanes) is 1. The standard InChI is InChI=1S/C20H25NO3/c1-3-4-14-21(18-11-6-5-7-12-18)15-16-23-20(22)24-19-13-9-8-10-17(19)2/h5-13H,3-4,14-16H2,1-2H3. The zero-order valence-corrected chi connectivity index (χ0v) is 14.4. The van der Waals surface area contributed by atoms with Crippen LogP contribution in [0.5, 0.6) is 5.75 Å². The molecule has 0 aliphatic rings. The molecular weight excluding hydrogens is 302 g/mol. The number of rotatable bonds is 8. The predicted molar refractivity (Wildman–Crippen MR) is 96.7 cm³/mol. The highest BCUT2D eigenvalue weighted by Gasteiger charge is 2.10. The Kier molecular flexibility index (Phi) is 7.15. The zero-order valence-electron chi connectivity index (χ0n) is 14.4. The lowest BCUT2D eigenvalue weighted by atomic mass is 10.2. The third-order valence-corrected chi connectivity index (χ3v) is 3.77. The molecule has 2 aromatic carbocycles. The fraction of sp³-hybridized carbons (Fsp3) is 0.350. The number of hydrogen-bond acceptors (Lipinski definition) is 4.